The Hall–Kier alpha value is -0.570. The lowest BCUT2D eigenvalue weighted by atomic mass is 9.66. The fourth-order valence-corrected chi connectivity index (χ4v) is 2.82. The van der Waals surface area contributed by atoms with Crippen LogP contribution in [-0.4, -0.2) is 35.6 Å². The number of aliphatic carboxylic acids is 1. The van der Waals surface area contributed by atoms with Gasteiger partial charge in [-0.3, -0.25) is 4.79 Å². The summed E-state index contributed by atoms with van der Waals surface area (Å²) in [6.07, 6.45) is 3.82. The molecular weight excluding hydrogens is 178 g/mol. The van der Waals surface area contributed by atoms with Crippen molar-refractivity contribution in [1.29, 1.82) is 0 Å². The Balaban J connectivity index is 1.83. The van der Waals surface area contributed by atoms with E-state index in [1.807, 2.05) is 0 Å². The van der Waals surface area contributed by atoms with Crippen molar-refractivity contribution in [2.24, 2.45) is 11.3 Å². The first-order chi connectivity index (χ1) is 6.60. The Morgan fingerprint density at radius 3 is 2.50 bits per heavy atom. The highest BCUT2D eigenvalue weighted by atomic mass is 16.4. The summed E-state index contributed by atoms with van der Waals surface area (Å²) in [6.45, 7) is 5.60. The third-order valence-electron chi connectivity index (χ3n) is 3.64. The summed E-state index contributed by atoms with van der Waals surface area (Å²) in [7, 11) is 0. The number of hydrogen-bond acceptors (Lipinski definition) is 2. The van der Waals surface area contributed by atoms with Crippen LogP contribution in [0.5, 0.6) is 0 Å². The molecule has 1 saturated heterocycles. The van der Waals surface area contributed by atoms with E-state index in [9.17, 15) is 4.79 Å². The van der Waals surface area contributed by atoms with Crippen molar-refractivity contribution in [3.05, 3.63) is 0 Å². The minimum absolute atomic E-state index is 0.131. The lowest BCUT2D eigenvalue weighted by Crippen LogP contribution is -2.52. The summed E-state index contributed by atoms with van der Waals surface area (Å²) in [5.41, 5.74) is 0.131. The lowest BCUT2D eigenvalue weighted by Gasteiger charge is -2.48. The molecule has 0 atom stereocenters. The maximum Gasteiger partial charge on any atom is 0.303 e. The van der Waals surface area contributed by atoms with Crippen molar-refractivity contribution in [2.45, 2.75) is 32.6 Å². The van der Waals surface area contributed by atoms with Gasteiger partial charge in [0.2, 0.25) is 0 Å². The first kappa shape index (κ1) is 9.97. The smallest absolute Gasteiger partial charge is 0.303 e. The Bertz CT molecular complexity index is 229. The third kappa shape index (κ3) is 1.92. The highest BCUT2D eigenvalue weighted by Gasteiger charge is 2.41. The van der Waals surface area contributed by atoms with Gasteiger partial charge in [0, 0.05) is 19.6 Å². The fourth-order valence-electron chi connectivity index (χ4n) is 2.82. The van der Waals surface area contributed by atoms with E-state index in [2.05, 4.69) is 11.8 Å². The van der Waals surface area contributed by atoms with Crippen LogP contribution in [0.15, 0.2) is 0 Å². The first-order valence-corrected chi connectivity index (χ1v) is 5.54. The average molecular weight is 197 g/mol. The quantitative estimate of drug-likeness (QED) is 0.744. The Morgan fingerprint density at radius 1 is 1.50 bits per heavy atom. The van der Waals surface area contributed by atoms with Crippen LogP contribution >= 0.6 is 0 Å². The summed E-state index contributed by atoms with van der Waals surface area (Å²) in [5.74, 6) is 0.190. The predicted octanol–water partition coefficient (Wildman–Crippen LogP) is 1.58. The molecule has 1 N–H and O–H groups in total. The Kier molecular flexibility index (Phi) is 2.52. The molecule has 0 unspecified atom stereocenters. The number of carbonyl (C=O) groups is 1. The molecule has 80 valence electrons. The molecule has 1 aliphatic heterocycles. The van der Waals surface area contributed by atoms with Crippen molar-refractivity contribution >= 4 is 5.97 Å². The molecule has 0 aromatic heterocycles. The van der Waals surface area contributed by atoms with Gasteiger partial charge in [-0.15, -0.1) is 0 Å². The molecule has 0 radical (unpaired) electrons. The largest absolute Gasteiger partial charge is 0.481 e. The molecular formula is C11H19NO2. The average Bonchev–Trinajstić information content (AvgIpc) is 1.96. The molecule has 3 nitrogen and oxygen atoms in total. The maximum atomic E-state index is 10.7. The highest BCUT2D eigenvalue weighted by Crippen LogP contribution is 2.45. The van der Waals surface area contributed by atoms with Crippen LogP contribution in [-0.2, 0) is 4.79 Å². The third-order valence-corrected chi connectivity index (χ3v) is 3.64. The van der Waals surface area contributed by atoms with E-state index in [0.29, 0.717) is 6.42 Å². The molecule has 2 rings (SSSR count). The zero-order valence-corrected chi connectivity index (χ0v) is 8.83. The number of carboxylic acids is 1. The van der Waals surface area contributed by atoms with Crippen molar-refractivity contribution < 1.29 is 9.90 Å². The second-order valence-corrected chi connectivity index (χ2v) is 5.22. The zero-order valence-electron chi connectivity index (χ0n) is 8.83. The van der Waals surface area contributed by atoms with Crippen LogP contribution in [0.3, 0.4) is 0 Å². The number of likely N-dealkylation sites (tertiary alicyclic amines) is 1. The second-order valence-electron chi connectivity index (χ2n) is 5.22. The minimum Gasteiger partial charge on any atom is -0.481 e. The Labute approximate surface area is 85.1 Å². The molecule has 3 heteroatoms. The molecule has 0 aromatic rings. The molecule has 2 fully saturated rings. The van der Waals surface area contributed by atoms with Gasteiger partial charge >= 0.3 is 5.97 Å². The van der Waals surface area contributed by atoms with Gasteiger partial charge in [-0.1, -0.05) is 13.3 Å². The summed E-state index contributed by atoms with van der Waals surface area (Å²) in [6, 6.07) is 0. The van der Waals surface area contributed by atoms with Crippen molar-refractivity contribution in [1.82, 2.24) is 4.90 Å². The van der Waals surface area contributed by atoms with Gasteiger partial charge in [-0.05, 0) is 24.2 Å². The molecule has 0 aromatic carbocycles. The maximum absolute atomic E-state index is 10.7. The molecule has 0 bridgehead atoms. The van der Waals surface area contributed by atoms with Crippen molar-refractivity contribution in [3.8, 4) is 0 Å². The molecule has 0 amide bonds. The summed E-state index contributed by atoms with van der Waals surface area (Å²) < 4.78 is 0. The van der Waals surface area contributed by atoms with Crippen molar-refractivity contribution in [2.75, 3.05) is 19.6 Å². The van der Waals surface area contributed by atoms with Crippen LogP contribution in [0.2, 0.25) is 0 Å². The number of carboxylic acid groups (broad SMARTS) is 1. The van der Waals surface area contributed by atoms with Gasteiger partial charge in [0.15, 0.2) is 0 Å². The number of nitrogens with zero attached hydrogens (tertiary/aromatic N) is 1. The topological polar surface area (TPSA) is 40.5 Å². The van der Waals surface area contributed by atoms with E-state index < -0.39 is 5.97 Å². The van der Waals surface area contributed by atoms with E-state index >= 15 is 0 Å². The SMILES string of the molecule is CC1CN(CC2(CC(=O)O)CCC2)C1. The van der Waals surface area contributed by atoms with Crippen LogP contribution in [0, 0.1) is 11.3 Å². The summed E-state index contributed by atoms with van der Waals surface area (Å²) in [5, 5.41) is 8.85. The van der Waals surface area contributed by atoms with E-state index in [1.54, 1.807) is 0 Å². The molecule has 0 spiro atoms. The summed E-state index contributed by atoms with van der Waals surface area (Å²) in [4.78, 5) is 13.2. The Morgan fingerprint density at radius 2 is 2.14 bits per heavy atom. The van der Waals surface area contributed by atoms with Gasteiger partial charge in [0.05, 0.1) is 6.42 Å². The number of rotatable bonds is 4. The van der Waals surface area contributed by atoms with Crippen LogP contribution in [0.4, 0.5) is 0 Å². The van der Waals surface area contributed by atoms with Crippen LogP contribution in [0.1, 0.15) is 32.6 Å². The standard InChI is InChI=1S/C11H19NO2/c1-9-6-12(7-9)8-11(3-2-4-11)5-10(13)14/h9H,2-8H2,1H3,(H,13,14). The van der Waals surface area contributed by atoms with Gasteiger partial charge in [-0.25, -0.2) is 0 Å². The molecule has 1 heterocycles. The zero-order chi connectivity index (χ0) is 10.2. The van der Waals surface area contributed by atoms with Gasteiger partial charge in [0.1, 0.15) is 0 Å². The van der Waals surface area contributed by atoms with Crippen LogP contribution < -0.4 is 0 Å². The fraction of sp³-hybridized carbons (Fsp3) is 0.909. The molecule has 14 heavy (non-hydrogen) atoms. The molecule has 1 saturated carbocycles. The lowest BCUT2D eigenvalue weighted by molar-refractivity contribution is -0.142. The first-order valence-electron chi connectivity index (χ1n) is 5.54. The highest BCUT2D eigenvalue weighted by molar-refractivity contribution is 5.68. The minimum atomic E-state index is -0.627. The molecule has 1 aliphatic carbocycles. The van der Waals surface area contributed by atoms with Gasteiger partial charge in [-0.2, -0.15) is 0 Å². The normalized spacial score (nSPS) is 26.6. The number of hydrogen-bond donors (Lipinski definition) is 1. The van der Waals surface area contributed by atoms with Crippen molar-refractivity contribution in [3.63, 3.8) is 0 Å². The second kappa shape index (κ2) is 3.54. The monoisotopic (exact) mass is 197 g/mol. The van der Waals surface area contributed by atoms with E-state index in [4.69, 9.17) is 5.11 Å². The summed E-state index contributed by atoms with van der Waals surface area (Å²) >= 11 is 0. The van der Waals surface area contributed by atoms with Crippen LogP contribution in [0.25, 0.3) is 0 Å². The van der Waals surface area contributed by atoms with E-state index in [1.165, 1.54) is 19.5 Å². The van der Waals surface area contributed by atoms with E-state index in [-0.39, 0.29) is 5.41 Å². The predicted molar refractivity (Wildman–Crippen MR) is 54.1 cm³/mol. The van der Waals surface area contributed by atoms with Gasteiger partial charge < -0.3 is 10.0 Å². The van der Waals surface area contributed by atoms with Gasteiger partial charge in [0.25, 0.3) is 0 Å². The molecule has 2 aliphatic rings. The van der Waals surface area contributed by atoms with E-state index in [0.717, 1.165) is 25.3 Å².